The highest BCUT2D eigenvalue weighted by Gasteiger charge is 2.46. The predicted octanol–water partition coefficient (Wildman–Crippen LogP) is 9.21. The summed E-state index contributed by atoms with van der Waals surface area (Å²) in [6, 6.07) is 27.4. The minimum atomic E-state index is -1.46. The Morgan fingerprint density at radius 2 is 1.05 bits per heavy atom. The van der Waals surface area contributed by atoms with Crippen LogP contribution in [-0.4, -0.2) is 42.5 Å². The normalized spacial score (nSPS) is 11.5. The van der Waals surface area contributed by atoms with Crippen molar-refractivity contribution in [3.63, 3.8) is 0 Å². The molecule has 0 aromatic heterocycles. The van der Waals surface area contributed by atoms with Crippen molar-refractivity contribution in [1.29, 1.82) is 0 Å². The van der Waals surface area contributed by atoms with E-state index in [1.165, 1.54) is 39.9 Å². The van der Waals surface area contributed by atoms with Gasteiger partial charge in [-0.1, -0.05) is 143 Å². The van der Waals surface area contributed by atoms with Crippen LogP contribution in [0.4, 0.5) is 0 Å². The second kappa shape index (κ2) is 20.0. The van der Waals surface area contributed by atoms with Crippen molar-refractivity contribution in [2.45, 2.75) is 83.7 Å². The fourth-order valence-corrected chi connectivity index (χ4v) is 5.14. The SMILES string of the molecule is CCCCC(OC)(C(=O)c1ccccc1)C(=O)c1ccccc1.CCCCCCCCC(=C(OC)C(=O)O)c1ccccc1. The van der Waals surface area contributed by atoms with Gasteiger partial charge in [0.05, 0.1) is 7.11 Å². The first-order chi connectivity index (χ1) is 21.4. The molecule has 0 unspecified atom stereocenters. The summed E-state index contributed by atoms with van der Waals surface area (Å²) in [5, 5.41) is 9.29. The molecule has 0 bridgehead atoms. The van der Waals surface area contributed by atoms with Gasteiger partial charge in [0.1, 0.15) is 0 Å². The molecule has 0 aliphatic rings. The molecule has 0 spiro atoms. The zero-order valence-electron chi connectivity index (χ0n) is 26.7. The zero-order chi connectivity index (χ0) is 32.2. The molecule has 6 heteroatoms. The van der Waals surface area contributed by atoms with Crippen LogP contribution in [0.1, 0.15) is 104 Å². The lowest BCUT2D eigenvalue weighted by Gasteiger charge is -2.29. The highest BCUT2D eigenvalue weighted by atomic mass is 16.5. The average Bonchev–Trinajstić information content (AvgIpc) is 3.07. The van der Waals surface area contributed by atoms with Gasteiger partial charge in [-0.15, -0.1) is 0 Å². The molecule has 3 aromatic carbocycles. The Morgan fingerprint density at radius 3 is 1.45 bits per heavy atom. The topological polar surface area (TPSA) is 89.9 Å². The van der Waals surface area contributed by atoms with E-state index in [0.717, 1.165) is 43.2 Å². The molecule has 1 N–H and O–H groups in total. The van der Waals surface area contributed by atoms with Gasteiger partial charge < -0.3 is 14.6 Å². The molecule has 6 nitrogen and oxygen atoms in total. The van der Waals surface area contributed by atoms with Crippen LogP contribution in [0.2, 0.25) is 0 Å². The Hall–Kier alpha value is -4.03. The van der Waals surface area contributed by atoms with Crippen molar-refractivity contribution < 1.29 is 29.0 Å². The molecular weight excluding hydrogens is 552 g/mol. The van der Waals surface area contributed by atoms with Crippen LogP contribution in [0.5, 0.6) is 0 Å². The van der Waals surface area contributed by atoms with Crippen molar-refractivity contribution in [1.82, 2.24) is 0 Å². The summed E-state index contributed by atoms with van der Waals surface area (Å²) in [7, 11) is 2.87. The van der Waals surface area contributed by atoms with Crippen LogP contribution in [0.3, 0.4) is 0 Å². The van der Waals surface area contributed by atoms with Gasteiger partial charge >= 0.3 is 5.97 Å². The standard InChI is InChI=1S/C20H22O3.C18H26O3/c1-3-4-15-20(23-2,18(21)16-11-7-5-8-12-16)19(22)17-13-9-6-10-14-17;1-3-4-5-6-7-11-14-16(17(21-2)18(19)20)15-12-9-8-10-13-15/h5-14H,3-4,15H2,1-2H3;8-10,12-13H,3-7,11,14H2,1-2H3,(H,19,20). The van der Waals surface area contributed by atoms with Gasteiger partial charge in [0.15, 0.2) is 5.60 Å². The Bertz CT molecular complexity index is 1250. The molecule has 3 rings (SSSR count). The molecule has 0 amide bonds. The van der Waals surface area contributed by atoms with E-state index in [9.17, 15) is 19.5 Å². The molecule has 0 radical (unpaired) electrons. The summed E-state index contributed by atoms with van der Waals surface area (Å²) < 4.78 is 10.7. The van der Waals surface area contributed by atoms with Gasteiger partial charge in [0.2, 0.25) is 17.3 Å². The summed E-state index contributed by atoms with van der Waals surface area (Å²) in [5.74, 6) is -1.48. The van der Waals surface area contributed by atoms with Crippen LogP contribution >= 0.6 is 0 Å². The molecule has 0 atom stereocenters. The van der Waals surface area contributed by atoms with Crippen molar-refractivity contribution in [2.75, 3.05) is 14.2 Å². The lowest BCUT2D eigenvalue weighted by atomic mass is 9.81. The number of aliphatic carboxylic acids is 1. The number of carboxylic acids is 1. The Labute approximate surface area is 263 Å². The van der Waals surface area contributed by atoms with Gasteiger partial charge in [-0.05, 0) is 31.2 Å². The van der Waals surface area contributed by atoms with Gasteiger partial charge in [-0.25, -0.2) is 4.79 Å². The van der Waals surface area contributed by atoms with E-state index >= 15 is 0 Å². The molecule has 236 valence electrons. The number of hydrogen-bond acceptors (Lipinski definition) is 5. The van der Waals surface area contributed by atoms with E-state index in [4.69, 9.17) is 9.47 Å². The number of rotatable bonds is 18. The minimum absolute atomic E-state index is 0.0646. The number of hydrogen-bond donors (Lipinski definition) is 1. The first-order valence-electron chi connectivity index (χ1n) is 15.7. The number of unbranched alkanes of at least 4 members (excludes halogenated alkanes) is 6. The molecular formula is C38H48O6. The maximum Gasteiger partial charge on any atom is 0.371 e. The number of carbonyl (C=O) groups excluding carboxylic acids is 2. The van der Waals surface area contributed by atoms with E-state index in [2.05, 4.69) is 6.92 Å². The van der Waals surface area contributed by atoms with Crippen LogP contribution in [0.15, 0.2) is 96.8 Å². The van der Waals surface area contributed by atoms with Crippen molar-refractivity contribution >= 4 is 23.1 Å². The summed E-state index contributed by atoms with van der Waals surface area (Å²) in [4.78, 5) is 37.5. The summed E-state index contributed by atoms with van der Waals surface area (Å²) in [6.45, 7) is 4.23. The molecule has 0 fully saturated rings. The summed E-state index contributed by atoms with van der Waals surface area (Å²) in [6.07, 6.45) is 9.86. The van der Waals surface area contributed by atoms with E-state index in [1.54, 1.807) is 48.5 Å². The number of carboxylic acid groups (broad SMARTS) is 1. The molecule has 0 saturated heterocycles. The third-order valence-electron chi connectivity index (χ3n) is 7.61. The quantitative estimate of drug-likeness (QED) is 0.0515. The number of methoxy groups -OCH3 is 2. The molecule has 0 aliphatic heterocycles. The number of carbonyl (C=O) groups is 3. The lowest BCUT2D eigenvalue weighted by Crippen LogP contribution is -2.48. The second-order valence-corrected chi connectivity index (χ2v) is 10.7. The van der Waals surface area contributed by atoms with Crippen molar-refractivity contribution in [3.05, 3.63) is 113 Å². The third-order valence-corrected chi connectivity index (χ3v) is 7.61. The molecule has 3 aromatic rings. The fourth-order valence-electron chi connectivity index (χ4n) is 5.14. The molecule has 0 aliphatic carbocycles. The fraction of sp³-hybridized carbons (Fsp3) is 0.395. The number of allylic oxidation sites excluding steroid dienone is 1. The first kappa shape index (κ1) is 36.2. The predicted molar refractivity (Wildman–Crippen MR) is 177 cm³/mol. The van der Waals surface area contributed by atoms with E-state index in [-0.39, 0.29) is 17.3 Å². The third kappa shape index (κ3) is 10.6. The van der Waals surface area contributed by atoms with Crippen molar-refractivity contribution in [3.8, 4) is 0 Å². The van der Waals surface area contributed by atoms with Gasteiger partial charge in [-0.3, -0.25) is 9.59 Å². The van der Waals surface area contributed by atoms with E-state index < -0.39 is 11.6 Å². The number of ether oxygens (including phenoxy) is 2. The zero-order valence-corrected chi connectivity index (χ0v) is 26.7. The first-order valence-corrected chi connectivity index (χ1v) is 15.7. The van der Waals surface area contributed by atoms with Gasteiger partial charge in [-0.2, -0.15) is 0 Å². The second-order valence-electron chi connectivity index (χ2n) is 10.7. The molecule has 0 heterocycles. The minimum Gasteiger partial charge on any atom is -0.490 e. The maximum absolute atomic E-state index is 13.1. The largest absolute Gasteiger partial charge is 0.490 e. The van der Waals surface area contributed by atoms with E-state index in [0.29, 0.717) is 17.5 Å². The highest BCUT2D eigenvalue weighted by Crippen LogP contribution is 2.29. The highest BCUT2D eigenvalue weighted by molar-refractivity contribution is 6.22. The number of Topliss-reactive ketones (excluding diaryl/α,β-unsaturated/α-hetero) is 2. The van der Waals surface area contributed by atoms with E-state index in [1.807, 2.05) is 49.4 Å². The Kier molecular flexibility index (Phi) is 16.5. The van der Waals surface area contributed by atoms with Gasteiger partial charge in [0.25, 0.3) is 0 Å². The van der Waals surface area contributed by atoms with Crippen LogP contribution in [-0.2, 0) is 14.3 Å². The smallest absolute Gasteiger partial charge is 0.371 e. The molecule has 44 heavy (non-hydrogen) atoms. The van der Waals surface area contributed by atoms with Crippen LogP contribution in [0, 0.1) is 0 Å². The summed E-state index contributed by atoms with van der Waals surface area (Å²) in [5.41, 5.74) is 1.26. The van der Waals surface area contributed by atoms with Crippen LogP contribution < -0.4 is 0 Å². The lowest BCUT2D eigenvalue weighted by molar-refractivity contribution is -0.135. The average molecular weight is 601 g/mol. The number of benzene rings is 3. The number of ketones is 2. The van der Waals surface area contributed by atoms with Crippen LogP contribution in [0.25, 0.3) is 5.57 Å². The Balaban J connectivity index is 0.000000308. The molecule has 0 saturated carbocycles. The maximum atomic E-state index is 13.1. The monoisotopic (exact) mass is 600 g/mol. The Morgan fingerprint density at radius 1 is 0.614 bits per heavy atom. The van der Waals surface area contributed by atoms with Crippen molar-refractivity contribution in [2.24, 2.45) is 0 Å². The summed E-state index contributed by atoms with van der Waals surface area (Å²) >= 11 is 0. The van der Waals surface area contributed by atoms with Gasteiger partial charge in [0, 0.05) is 23.8 Å².